The smallest absolute Gasteiger partial charge is 0.308 e. The first kappa shape index (κ1) is 21.7. The van der Waals surface area contributed by atoms with E-state index in [1.165, 1.54) is 5.56 Å². The Morgan fingerprint density at radius 2 is 2.11 bits per heavy atom. The molecule has 0 spiro atoms. The molecule has 0 aliphatic carbocycles. The van der Waals surface area contributed by atoms with Gasteiger partial charge in [-0.05, 0) is 31.2 Å². The number of carbonyl (C=O) groups is 2. The summed E-state index contributed by atoms with van der Waals surface area (Å²) in [4.78, 5) is 26.5. The zero-order chi connectivity index (χ0) is 18.2. The monoisotopic (exact) mass is 396 g/mol. The second kappa shape index (κ2) is 11.3. The minimum Gasteiger partial charge on any atom is -0.463 e. The van der Waals surface area contributed by atoms with E-state index in [4.69, 9.17) is 9.47 Å². The number of amides is 1. The predicted octanol–water partition coefficient (Wildman–Crippen LogP) is 1.95. The van der Waals surface area contributed by atoms with Gasteiger partial charge >= 0.3 is 5.97 Å². The first-order valence-corrected chi connectivity index (χ1v) is 9.55. The lowest BCUT2D eigenvalue weighted by Gasteiger charge is -2.33. The number of hydrogen-bond donors (Lipinski definition) is 1. The van der Waals surface area contributed by atoms with Gasteiger partial charge in [0.15, 0.2) is 0 Å². The average Bonchev–Trinajstić information content (AvgIpc) is 3.17. The van der Waals surface area contributed by atoms with Gasteiger partial charge in [-0.3, -0.25) is 9.59 Å². The highest BCUT2D eigenvalue weighted by molar-refractivity contribution is 5.87. The lowest BCUT2D eigenvalue weighted by molar-refractivity contribution is -0.151. The summed E-state index contributed by atoms with van der Waals surface area (Å²) >= 11 is 0. The molecule has 0 saturated carbocycles. The van der Waals surface area contributed by atoms with Gasteiger partial charge in [-0.25, -0.2) is 0 Å². The van der Waals surface area contributed by atoms with E-state index in [-0.39, 0.29) is 36.8 Å². The zero-order valence-corrected chi connectivity index (χ0v) is 16.4. The number of piperazine rings is 1. The van der Waals surface area contributed by atoms with E-state index >= 15 is 0 Å². The van der Waals surface area contributed by atoms with Crippen molar-refractivity contribution >= 4 is 24.3 Å². The van der Waals surface area contributed by atoms with Gasteiger partial charge in [0.25, 0.3) is 0 Å². The van der Waals surface area contributed by atoms with Crippen molar-refractivity contribution in [2.45, 2.75) is 44.2 Å². The molecule has 2 aliphatic rings. The highest BCUT2D eigenvalue weighted by Crippen LogP contribution is 2.13. The van der Waals surface area contributed by atoms with Crippen LogP contribution in [0.5, 0.6) is 0 Å². The van der Waals surface area contributed by atoms with Crippen LogP contribution in [0.1, 0.15) is 31.2 Å². The fourth-order valence-corrected chi connectivity index (χ4v) is 3.48. The van der Waals surface area contributed by atoms with Gasteiger partial charge < -0.3 is 19.7 Å². The normalized spacial score (nSPS) is 22.4. The second-order valence-electron chi connectivity index (χ2n) is 6.94. The molecule has 2 saturated heterocycles. The molecule has 3 rings (SSSR count). The van der Waals surface area contributed by atoms with Crippen LogP contribution in [0.4, 0.5) is 0 Å². The number of aryl methyl sites for hydroxylation is 1. The molecular weight excluding hydrogens is 368 g/mol. The minimum absolute atomic E-state index is 0. The van der Waals surface area contributed by atoms with Crippen LogP contribution < -0.4 is 5.32 Å². The van der Waals surface area contributed by atoms with Crippen LogP contribution >= 0.6 is 12.4 Å². The summed E-state index contributed by atoms with van der Waals surface area (Å²) in [5, 5.41) is 3.14. The molecule has 2 aliphatic heterocycles. The maximum atomic E-state index is 12.6. The third-order valence-electron chi connectivity index (χ3n) is 4.94. The number of nitrogens with one attached hydrogen (secondary N) is 1. The maximum absolute atomic E-state index is 12.6. The topological polar surface area (TPSA) is 67.9 Å². The highest BCUT2D eigenvalue weighted by atomic mass is 35.5. The van der Waals surface area contributed by atoms with Crippen molar-refractivity contribution in [3.63, 3.8) is 0 Å². The van der Waals surface area contributed by atoms with Gasteiger partial charge in [-0.2, -0.15) is 0 Å². The Balaban J connectivity index is 0.00000261. The minimum atomic E-state index is -0.475. The molecule has 0 aromatic heterocycles. The molecule has 2 atom stereocenters. The number of ether oxygens (including phenoxy) is 2. The lowest BCUT2D eigenvalue weighted by atomic mass is 10.1. The summed E-state index contributed by atoms with van der Waals surface area (Å²) in [6.07, 6.45) is 3.92. The maximum Gasteiger partial charge on any atom is 0.308 e. The molecule has 6 nitrogen and oxygen atoms in total. The molecule has 27 heavy (non-hydrogen) atoms. The molecule has 2 unspecified atom stereocenters. The first-order valence-electron chi connectivity index (χ1n) is 9.55. The van der Waals surface area contributed by atoms with Crippen molar-refractivity contribution in [2.75, 3.05) is 32.8 Å². The van der Waals surface area contributed by atoms with Crippen LogP contribution in [0.15, 0.2) is 30.3 Å². The van der Waals surface area contributed by atoms with Crippen molar-refractivity contribution in [1.82, 2.24) is 10.2 Å². The third-order valence-corrected chi connectivity index (χ3v) is 4.94. The molecule has 150 valence electrons. The van der Waals surface area contributed by atoms with Crippen molar-refractivity contribution in [3.8, 4) is 0 Å². The first-order chi connectivity index (χ1) is 12.7. The molecule has 1 amide bonds. The predicted molar refractivity (Wildman–Crippen MR) is 105 cm³/mol. The summed E-state index contributed by atoms with van der Waals surface area (Å²) < 4.78 is 10.7. The largest absolute Gasteiger partial charge is 0.463 e. The van der Waals surface area contributed by atoms with Crippen LogP contribution in [0.3, 0.4) is 0 Å². The van der Waals surface area contributed by atoms with Crippen molar-refractivity contribution in [2.24, 2.45) is 0 Å². The van der Waals surface area contributed by atoms with Gasteiger partial charge in [0.2, 0.25) is 5.91 Å². The number of hydrogen-bond acceptors (Lipinski definition) is 5. The Morgan fingerprint density at radius 3 is 2.85 bits per heavy atom. The lowest BCUT2D eigenvalue weighted by Crippen LogP contribution is -2.55. The summed E-state index contributed by atoms with van der Waals surface area (Å²) in [5.74, 6) is -0.337. The van der Waals surface area contributed by atoms with E-state index in [1.807, 2.05) is 23.1 Å². The van der Waals surface area contributed by atoms with Gasteiger partial charge in [0.05, 0.1) is 18.6 Å². The Hall–Kier alpha value is -1.63. The van der Waals surface area contributed by atoms with E-state index in [0.29, 0.717) is 19.7 Å². The van der Waals surface area contributed by atoms with E-state index < -0.39 is 6.04 Å². The second-order valence-corrected chi connectivity index (χ2v) is 6.94. The number of rotatable bonds is 8. The van der Waals surface area contributed by atoms with Gasteiger partial charge in [0.1, 0.15) is 6.61 Å². The summed E-state index contributed by atoms with van der Waals surface area (Å²) in [5.41, 5.74) is 1.28. The van der Waals surface area contributed by atoms with Crippen LogP contribution in [0.25, 0.3) is 0 Å². The number of benzene rings is 1. The Morgan fingerprint density at radius 1 is 1.30 bits per heavy atom. The Labute approximate surface area is 167 Å². The molecule has 0 radical (unpaired) electrons. The summed E-state index contributed by atoms with van der Waals surface area (Å²) in [6, 6.07) is 9.80. The van der Waals surface area contributed by atoms with Gasteiger partial charge in [-0.1, -0.05) is 30.3 Å². The van der Waals surface area contributed by atoms with Crippen molar-refractivity contribution in [1.29, 1.82) is 0 Å². The van der Waals surface area contributed by atoms with Crippen LogP contribution in [-0.4, -0.2) is 61.8 Å². The SMILES string of the molecule is Cl.O=C(CC1NCCN(CCCc2ccccc2)C1=O)OCC1CCCO1. The number of esters is 1. The van der Waals surface area contributed by atoms with Crippen molar-refractivity contribution in [3.05, 3.63) is 35.9 Å². The highest BCUT2D eigenvalue weighted by Gasteiger charge is 2.30. The Bertz CT molecular complexity index is 593. The third kappa shape index (κ3) is 6.79. The fraction of sp³-hybridized carbons (Fsp3) is 0.600. The molecule has 1 aromatic rings. The summed E-state index contributed by atoms with van der Waals surface area (Å²) in [7, 11) is 0. The van der Waals surface area contributed by atoms with Crippen LogP contribution in [-0.2, 0) is 25.5 Å². The summed E-state index contributed by atoms with van der Waals surface area (Å²) in [6.45, 7) is 3.15. The number of carbonyl (C=O) groups excluding carboxylic acids is 2. The van der Waals surface area contributed by atoms with Gasteiger partial charge in [0, 0.05) is 26.2 Å². The molecule has 1 aromatic carbocycles. The quantitative estimate of drug-likeness (QED) is 0.680. The Kier molecular flexibility index (Phi) is 9.04. The molecule has 2 heterocycles. The van der Waals surface area contributed by atoms with E-state index in [1.54, 1.807) is 0 Å². The van der Waals surface area contributed by atoms with E-state index in [0.717, 1.165) is 38.8 Å². The zero-order valence-electron chi connectivity index (χ0n) is 15.6. The van der Waals surface area contributed by atoms with Crippen LogP contribution in [0, 0.1) is 0 Å². The molecule has 2 fully saturated rings. The van der Waals surface area contributed by atoms with E-state index in [9.17, 15) is 9.59 Å². The number of halogens is 1. The molecular formula is C20H29ClN2O4. The molecule has 7 heteroatoms. The standard InChI is InChI=1S/C20H28N2O4.ClH/c23-19(26-15-17-9-5-13-25-17)14-18-20(24)22(12-10-21-18)11-4-8-16-6-2-1-3-7-16;/h1-3,6-7,17-18,21H,4-5,8-15H2;1H. The molecule has 1 N–H and O–H groups in total. The molecule has 0 bridgehead atoms. The average molecular weight is 397 g/mol. The fourth-order valence-electron chi connectivity index (χ4n) is 3.48. The van der Waals surface area contributed by atoms with Crippen molar-refractivity contribution < 1.29 is 19.1 Å². The van der Waals surface area contributed by atoms with Gasteiger partial charge in [-0.15, -0.1) is 12.4 Å². The van der Waals surface area contributed by atoms with E-state index in [2.05, 4.69) is 17.4 Å². The number of nitrogens with zero attached hydrogens (tertiary/aromatic N) is 1. The van der Waals surface area contributed by atoms with Crippen LogP contribution in [0.2, 0.25) is 0 Å².